The minimum atomic E-state index is -1.24. The van der Waals surface area contributed by atoms with Gasteiger partial charge < -0.3 is 9.84 Å². The third-order valence-electron chi connectivity index (χ3n) is 0.619. The molecule has 0 heterocycles. The van der Waals surface area contributed by atoms with Crippen molar-refractivity contribution < 1.29 is 33.5 Å². The summed E-state index contributed by atoms with van der Waals surface area (Å²) < 4.78 is 4.35. The Morgan fingerprint density at radius 2 is 2.22 bits per heavy atom. The number of carbonyl (C=O) groups excluding carboxylic acids is 1. The van der Waals surface area contributed by atoms with Crippen molar-refractivity contribution in [1.82, 2.24) is 0 Å². The van der Waals surface area contributed by atoms with Crippen LogP contribution < -0.4 is 24.0 Å². The second-order valence-electron chi connectivity index (χ2n) is 1.39. The summed E-state index contributed by atoms with van der Waals surface area (Å²) in [4.78, 5) is 10.2. The molecule has 0 saturated carbocycles. The van der Waals surface area contributed by atoms with Crippen LogP contribution in [0.3, 0.4) is 0 Å². The molecule has 0 radical (unpaired) electrons. The minimum Gasteiger partial charge on any atom is -0.844 e. The standard InChI is InChI=1S/C5H9O3.Li/c1-3-8-5(7)4(2)6;/h4H,3H2,1-2H3;/q-1;+1/t4-;/m1./s1. The molecule has 0 spiro atoms. The quantitative estimate of drug-likeness (QED) is 0.281. The molecule has 0 rings (SSSR count). The number of ether oxygens (including phenoxy) is 1. The fourth-order valence-corrected chi connectivity index (χ4v) is 0.260. The Bertz CT molecular complexity index is 82.3. The summed E-state index contributed by atoms with van der Waals surface area (Å²) in [6.07, 6.45) is -1.24. The summed E-state index contributed by atoms with van der Waals surface area (Å²) >= 11 is 0. The Hall–Kier alpha value is 0.0274. The van der Waals surface area contributed by atoms with Gasteiger partial charge in [-0.3, -0.25) is 4.79 Å². The van der Waals surface area contributed by atoms with Gasteiger partial charge in [0.15, 0.2) is 0 Å². The van der Waals surface area contributed by atoms with Crippen molar-refractivity contribution in [3.8, 4) is 0 Å². The molecule has 0 bridgehead atoms. The summed E-state index contributed by atoms with van der Waals surface area (Å²) in [6, 6.07) is 0. The van der Waals surface area contributed by atoms with E-state index in [1.807, 2.05) is 0 Å². The van der Waals surface area contributed by atoms with E-state index >= 15 is 0 Å². The number of hydrogen-bond donors (Lipinski definition) is 0. The van der Waals surface area contributed by atoms with Crippen molar-refractivity contribution in [2.45, 2.75) is 20.0 Å². The predicted octanol–water partition coefficient (Wildman–Crippen LogP) is -3.70. The summed E-state index contributed by atoms with van der Waals surface area (Å²) in [5, 5.41) is 10.1. The van der Waals surface area contributed by atoms with Crippen LogP contribution in [0.15, 0.2) is 0 Å². The molecule has 0 aromatic carbocycles. The third-order valence-corrected chi connectivity index (χ3v) is 0.619. The first-order valence-corrected chi connectivity index (χ1v) is 2.51. The van der Waals surface area contributed by atoms with Gasteiger partial charge in [0.25, 0.3) is 5.97 Å². The minimum absolute atomic E-state index is 0. The average Bonchev–Trinajstić information content (AvgIpc) is 1.67. The van der Waals surface area contributed by atoms with Gasteiger partial charge in [0.1, 0.15) is 0 Å². The van der Waals surface area contributed by atoms with Gasteiger partial charge in [0, 0.05) is 0 Å². The summed E-state index contributed by atoms with van der Waals surface area (Å²) in [5.74, 6) is -0.674. The molecule has 0 amide bonds. The van der Waals surface area contributed by atoms with E-state index in [0.29, 0.717) is 0 Å². The number of carbonyl (C=O) groups is 1. The molecule has 0 aliphatic rings. The van der Waals surface area contributed by atoms with Gasteiger partial charge in [-0.05, 0) is 13.0 Å². The summed E-state index contributed by atoms with van der Waals surface area (Å²) in [7, 11) is 0. The molecule has 48 valence electrons. The van der Waals surface area contributed by atoms with Crippen molar-refractivity contribution in [1.29, 1.82) is 0 Å². The van der Waals surface area contributed by atoms with E-state index in [1.165, 1.54) is 6.92 Å². The number of hydrogen-bond acceptors (Lipinski definition) is 3. The van der Waals surface area contributed by atoms with E-state index in [0.717, 1.165) is 0 Å². The molecule has 9 heavy (non-hydrogen) atoms. The average molecular weight is 124 g/mol. The van der Waals surface area contributed by atoms with Crippen LogP contribution in [-0.4, -0.2) is 18.7 Å². The zero-order valence-corrected chi connectivity index (χ0v) is 6.01. The number of rotatable bonds is 2. The maximum Gasteiger partial charge on any atom is 1.00 e. The molecule has 0 aliphatic carbocycles. The fraction of sp³-hybridized carbons (Fsp3) is 0.800. The molecule has 1 atom stereocenters. The van der Waals surface area contributed by atoms with Crippen LogP contribution in [0.5, 0.6) is 0 Å². The van der Waals surface area contributed by atoms with E-state index in [1.54, 1.807) is 6.92 Å². The summed E-state index contributed by atoms with van der Waals surface area (Å²) in [6.45, 7) is 3.21. The maximum absolute atomic E-state index is 10.2. The van der Waals surface area contributed by atoms with Gasteiger partial charge in [0.05, 0.1) is 6.61 Å². The van der Waals surface area contributed by atoms with Gasteiger partial charge in [-0.15, -0.1) is 0 Å². The van der Waals surface area contributed by atoms with Gasteiger partial charge in [0.2, 0.25) is 0 Å². The van der Waals surface area contributed by atoms with Crippen LogP contribution in [0.25, 0.3) is 0 Å². The Kier molecular flexibility index (Phi) is 8.05. The predicted molar refractivity (Wildman–Crippen MR) is 26.1 cm³/mol. The molecule has 0 aliphatic heterocycles. The smallest absolute Gasteiger partial charge is 0.844 e. The zero-order chi connectivity index (χ0) is 6.57. The fourth-order valence-electron chi connectivity index (χ4n) is 0.260. The molecular weight excluding hydrogens is 115 g/mol. The van der Waals surface area contributed by atoms with Crippen LogP contribution >= 0.6 is 0 Å². The van der Waals surface area contributed by atoms with E-state index in [2.05, 4.69) is 4.74 Å². The molecular formula is C5H9LiO3. The van der Waals surface area contributed by atoms with Crippen LogP contribution in [0, 0.1) is 0 Å². The van der Waals surface area contributed by atoms with Crippen molar-refractivity contribution in [3.05, 3.63) is 0 Å². The first-order chi connectivity index (χ1) is 3.68. The molecule has 0 aromatic rings. The van der Waals surface area contributed by atoms with E-state index in [9.17, 15) is 9.90 Å². The van der Waals surface area contributed by atoms with Crippen molar-refractivity contribution in [2.75, 3.05) is 6.61 Å². The molecule has 0 aromatic heterocycles. The molecule has 0 N–H and O–H groups in total. The van der Waals surface area contributed by atoms with Gasteiger partial charge in [-0.2, -0.15) is 0 Å². The molecule has 0 unspecified atom stereocenters. The SMILES string of the molecule is CCOC(=O)[C@@H](C)[O-].[Li+]. The Balaban J connectivity index is 0. The van der Waals surface area contributed by atoms with E-state index < -0.39 is 12.1 Å². The molecule has 0 fully saturated rings. The van der Waals surface area contributed by atoms with Crippen LogP contribution in [0.4, 0.5) is 0 Å². The normalized spacial score (nSPS) is 11.4. The van der Waals surface area contributed by atoms with E-state index in [4.69, 9.17) is 0 Å². The summed E-state index contributed by atoms with van der Waals surface area (Å²) in [5.41, 5.74) is 0. The van der Waals surface area contributed by atoms with Gasteiger partial charge in [-0.1, -0.05) is 6.92 Å². The maximum atomic E-state index is 10.2. The van der Waals surface area contributed by atoms with Crippen molar-refractivity contribution in [2.24, 2.45) is 0 Å². The van der Waals surface area contributed by atoms with Crippen molar-refractivity contribution >= 4 is 5.97 Å². The van der Waals surface area contributed by atoms with Crippen LogP contribution in [0.1, 0.15) is 13.8 Å². The third kappa shape index (κ3) is 5.91. The Morgan fingerprint density at radius 1 is 1.78 bits per heavy atom. The Morgan fingerprint density at radius 3 is 2.33 bits per heavy atom. The first-order valence-electron chi connectivity index (χ1n) is 2.51. The first kappa shape index (κ1) is 11.8. The van der Waals surface area contributed by atoms with Crippen LogP contribution in [-0.2, 0) is 9.53 Å². The van der Waals surface area contributed by atoms with Gasteiger partial charge in [-0.25, -0.2) is 0 Å². The topological polar surface area (TPSA) is 49.4 Å². The Labute approximate surface area is 66.6 Å². The monoisotopic (exact) mass is 124 g/mol. The second kappa shape index (κ2) is 6.15. The van der Waals surface area contributed by atoms with Crippen LogP contribution in [0.2, 0.25) is 0 Å². The van der Waals surface area contributed by atoms with Gasteiger partial charge >= 0.3 is 18.9 Å². The molecule has 0 saturated heterocycles. The molecule has 4 heteroatoms. The number of esters is 1. The molecule has 3 nitrogen and oxygen atoms in total. The van der Waals surface area contributed by atoms with E-state index in [-0.39, 0.29) is 25.5 Å². The zero-order valence-electron chi connectivity index (χ0n) is 6.01. The second-order valence-corrected chi connectivity index (χ2v) is 1.39. The van der Waals surface area contributed by atoms with Crippen molar-refractivity contribution in [3.63, 3.8) is 0 Å². The largest absolute Gasteiger partial charge is 1.00 e.